The Hall–Kier alpha value is -4.32. The summed E-state index contributed by atoms with van der Waals surface area (Å²) >= 11 is 0. The lowest BCUT2D eigenvalue weighted by Crippen LogP contribution is -2.58. The normalized spacial score (nSPS) is 32.8. The quantitative estimate of drug-likeness (QED) is 0.330. The van der Waals surface area contributed by atoms with Crippen LogP contribution < -0.4 is 5.32 Å². The molecule has 3 amide bonds. The largest absolute Gasteiger partial charge is 0.455 e. The van der Waals surface area contributed by atoms with Crippen LogP contribution >= 0.6 is 0 Å². The lowest BCUT2D eigenvalue weighted by atomic mass is 9.74. The van der Waals surface area contributed by atoms with Gasteiger partial charge in [0.25, 0.3) is 0 Å². The van der Waals surface area contributed by atoms with Crippen LogP contribution in [-0.2, 0) is 33.4 Å². The summed E-state index contributed by atoms with van der Waals surface area (Å²) in [6.45, 7) is -0.0654. The van der Waals surface area contributed by atoms with Crippen LogP contribution in [0.3, 0.4) is 0 Å². The van der Waals surface area contributed by atoms with E-state index < -0.39 is 66.3 Å². The van der Waals surface area contributed by atoms with Gasteiger partial charge in [0.1, 0.15) is 23.7 Å². The number of methoxy groups -OCH3 is 1. The smallest absolute Gasteiger partial charge is 0.313 e. The molecular formula is C40H47N3O8. The maximum atomic E-state index is 15.2. The zero-order chi connectivity index (χ0) is 35.5. The molecule has 0 unspecified atom stereocenters. The van der Waals surface area contributed by atoms with Gasteiger partial charge >= 0.3 is 5.97 Å². The average molecular weight is 698 g/mol. The molecule has 2 N–H and O–H groups in total. The number of hydrogen-bond donors (Lipinski definition) is 2. The predicted molar refractivity (Wildman–Crippen MR) is 187 cm³/mol. The van der Waals surface area contributed by atoms with Crippen molar-refractivity contribution in [2.45, 2.75) is 86.9 Å². The van der Waals surface area contributed by atoms with E-state index in [4.69, 9.17) is 14.2 Å². The molecule has 0 aromatic heterocycles. The van der Waals surface area contributed by atoms with E-state index >= 15 is 4.79 Å². The van der Waals surface area contributed by atoms with Gasteiger partial charge in [-0.2, -0.15) is 0 Å². The van der Waals surface area contributed by atoms with E-state index in [9.17, 15) is 19.5 Å². The number of fused-ring (bicyclic) bond motifs is 2. The summed E-state index contributed by atoms with van der Waals surface area (Å²) in [5.74, 6) is -3.75. The van der Waals surface area contributed by atoms with E-state index in [0.717, 1.165) is 32.1 Å². The molecule has 1 saturated carbocycles. The minimum atomic E-state index is -1.45. The number of amides is 3. The molecule has 2 aromatic carbocycles. The second-order valence-electron chi connectivity index (χ2n) is 14.2. The van der Waals surface area contributed by atoms with E-state index in [1.807, 2.05) is 77.7 Å². The number of carbonyl (C=O) groups is 4. The summed E-state index contributed by atoms with van der Waals surface area (Å²) in [4.78, 5) is 61.3. The van der Waals surface area contributed by atoms with Crippen molar-refractivity contribution in [2.75, 3.05) is 26.9 Å². The number of carbonyl (C=O) groups excluding carboxylic acids is 4. The molecule has 270 valence electrons. The number of rotatable bonds is 7. The van der Waals surface area contributed by atoms with Crippen LogP contribution in [-0.4, -0.2) is 95.3 Å². The summed E-state index contributed by atoms with van der Waals surface area (Å²) in [6, 6.07) is 15.6. The zero-order valence-electron chi connectivity index (χ0n) is 29.0. The van der Waals surface area contributed by atoms with Crippen molar-refractivity contribution in [2.24, 2.45) is 11.8 Å². The van der Waals surface area contributed by atoms with Crippen molar-refractivity contribution in [3.8, 4) is 0 Å². The number of cyclic esters (lactones) is 1. The number of nitrogens with zero attached hydrogens (tertiary/aromatic N) is 2. The molecule has 51 heavy (non-hydrogen) atoms. The second kappa shape index (κ2) is 15.1. The van der Waals surface area contributed by atoms with E-state index in [1.54, 1.807) is 12.2 Å². The van der Waals surface area contributed by atoms with E-state index in [0.29, 0.717) is 24.1 Å². The molecule has 1 aliphatic carbocycles. The molecule has 2 saturated heterocycles. The summed E-state index contributed by atoms with van der Waals surface area (Å²) in [5.41, 5.74) is -0.119. The topological polar surface area (TPSA) is 135 Å². The van der Waals surface area contributed by atoms with Crippen LogP contribution in [0.4, 0.5) is 0 Å². The monoisotopic (exact) mass is 697 g/mol. The number of aliphatic hydroxyl groups is 1. The SMILES string of the molecule is COC[C@H]1NC(=O)CC/C=C\CN(C2CCCCC2)C(=O)[C@@H]2N([C@H](CO)c3ccccc3)C(=O)[C@H]3[C@H](C(=O)O[C@@H]1c1ccccc1)[C@@H]1C=C[C@]23O1. The van der Waals surface area contributed by atoms with Crippen LogP contribution in [0.5, 0.6) is 0 Å². The van der Waals surface area contributed by atoms with Crippen LogP contribution in [0.25, 0.3) is 0 Å². The van der Waals surface area contributed by atoms with Gasteiger partial charge in [0.2, 0.25) is 17.7 Å². The zero-order valence-corrected chi connectivity index (χ0v) is 29.0. The van der Waals surface area contributed by atoms with Crippen LogP contribution in [0.1, 0.15) is 68.2 Å². The first kappa shape index (κ1) is 35.1. The van der Waals surface area contributed by atoms with Crippen LogP contribution in [0.15, 0.2) is 85.0 Å². The molecule has 4 heterocycles. The number of likely N-dealkylation sites (tertiary alicyclic amines) is 1. The van der Waals surface area contributed by atoms with Crippen molar-refractivity contribution >= 4 is 23.7 Å². The van der Waals surface area contributed by atoms with Crippen molar-refractivity contribution in [1.82, 2.24) is 15.1 Å². The molecule has 0 radical (unpaired) electrons. The molecule has 5 aliphatic rings. The first-order valence-electron chi connectivity index (χ1n) is 18.2. The lowest BCUT2D eigenvalue weighted by molar-refractivity contribution is -0.163. The van der Waals surface area contributed by atoms with Gasteiger partial charge in [0.05, 0.1) is 37.3 Å². The Morgan fingerprint density at radius 1 is 0.961 bits per heavy atom. The number of aliphatic hydroxyl groups excluding tert-OH is 1. The molecule has 5 bridgehead atoms. The van der Waals surface area contributed by atoms with Gasteiger partial charge in [0.15, 0.2) is 0 Å². The highest BCUT2D eigenvalue weighted by Crippen LogP contribution is 2.57. The van der Waals surface area contributed by atoms with Crippen molar-refractivity contribution in [3.63, 3.8) is 0 Å². The highest BCUT2D eigenvalue weighted by atomic mass is 16.6. The third-order valence-electron chi connectivity index (χ3n) is 11.2. The minimum Gasteiger partial charge on any atom is -0.455 e. The van der Waals surface area contributed by atoms with Crippen LogP contribution in [0.2, 0.25) is 0 Å². The Morgan fingerprint density at radius 2 is 1.69 bits per heavy atom. The van der Waals surface area contributed by atoms with Gasteiger partial charge < -0.3 is 34.4 Å². The van der Waals surface area contributed by atoms with Gasteiger partial charge in [-0.05, 0) is 30.4 Å². The third kappa shape index (κ3) is 6.51. The first-order chi connectivity index (χ1) is 24.9. The minimum absolute atomic E-state index is 0.0530. The molecule has 1 spiro atoms. The summed E-state index contributed by atoms with van der Waals surface area (Å²) in [5, 5.41) is 13.9. The third-order valence-corrected chi connectivity index (χ3v) is 11.2. The fourth-order valence-electron chi connectivity index (χ4n) is 8.90. The fourth-order valence-corrected chi connectivity index (χ4v) is 8.90. The van der Waals surface area contributed by atoms with Gasteiger partial charge in [-0.1, -0.05) is 104 Å². The summed E-state index contributed by atoms with van der Waals surface area (Å²) < 4.78 is 18.5. The lowest BCUT2D eigenvalue weighted by Gasteiger charge is -2.42. The van der Waals surface area contributed by atoms with Crippen molar-refractivity contribution in [1.29, 1.82) is 0 Å². The maximum Gasteiger partial charge on any atom is 0.313 e. The summed E-state index contributed by atoms with van der Waals surface area (Å²) in [6.07, 6.45) is 11.0. The molecule has 4 aliphatic heterocycles. The Kier molecular flexibility index (Phi) is 10.4. The number of ether oxygens (including phenoxy) is 3. The highest BCUT2D eigenvalue weighted by molar-refractivity contribution is 5.99. The second-order valence-corrected chi connectivity index (χ2v) is 14.2. The predicted octanol–water partition coefficient (Wildman–Crippen LogP) is 3.80. The standard InChI is InChI=1S/C40H47N3O8/c1-49-25-29-35(27-16-8-3-9-17-27)50-39(48)33-31-21-22-40(51-31)34(33)37(46)43(30(24-44)26-14-6-2-7-15-26)36(40)38(47)42(28-18-10-4-11-19-28)23-13-5-12-20-32(45)41-29/h2-3,5-9,13-17,21-22,28-31,33-36,44H,4,10-12,18-20,23-25H2,1H3,(H,41,45)/b13-5-/t29-,30-,31+,33-,34-,35-,36+,40-/m1/s1. The van der Waals surface area contributed by atoms with Crippen LogP contribution in [0, 0.1) is 11.8 Å². The maximum absolute atomic E-state index is 15.2. The van der Waals surface area contributed by atoms with Crippen molar-refractivity contribution < 1.29 is 38.5 Å². The van der Waals surface area contributed by atoms with E-state index in [2.05, 4.69) is 5.32 Å². The van der Waals surface area contributed by atoms with Crippen molar-refractivity contribution in [3.05, 3.63) is 96.1 Å². The molecule has 11 heteroatoms. The van der Waals surface area contributed by atoms with Gasteiger partial charge in [-0.15, -0.1) is 0 Å². The summed E-state index contributed by atoms with van der Waals surface area (Å²) in [7, 11) is 1.52. The number of nitrogens with one attached hydrogen (secondary N) is 1. The Balaban J connectivity index is 1.35. The molecular weight excluding hydrogens is 650 g/mol. The number of benzene rings is 2. The first-order valence-corrected chi connectivity index (χ1v) is 18.2. The Labute approximate surface area is 298 Å². The fraction of sp³-hybridized carbons (Fsp3) is 0.500. The van der Waals surface area contributed by atoms with Gasteiger partial charge in [-0.25, -0.2) is 0 Å². The van der Waals surface area contributed by atoms with E-state index in [-0.39, 0.29) is 30.9 Å². The Morgan fingerprint density at radius 3 is 2.39 bits per heavy atom. The van der Waals surface area contributed by atoms with Gasteiger partial charge in [0, 0.05) is 26.1 Å². The molecule has 2 aromatic rings. The Bertz CT molecular complexity index is 1640. The number of allylic oxidation sites excluding steroid dienone is 1. The van der Waals surface area contributed by atoms with E-state index in [1.165, 1.54) is 12.0 Å². The number of esters is 1. The number of hydrogen-bond acceptors (Lipinski definition) is 8. The van der Waals surface area contributed by atoms with Gasteiger partial charge in [-0.3, -0.25) is 19.2 Å². The molecule has 8 atom stereocenters. The molecule has 7 rings (SSSR count). The molecule has 11 nitrogen and oxygen atoms in total. The average Bonchev–Trinajstić information content (AvgIpc) is 3.80. The molecule has 3 fully saturated rings. The highest BCUT2D eigenvalue weighted by Gasteiger charge is 2.74.